The zero-order chi connectivity index (χ0) is 39.0. The monoisotopic (exact) mass is 765 g/mol. The molecule has 284 valence electrons. The van der Waals surface area contributed by atoms with E-state index in [0.29, 0.717) is 36.5 Å². The second kappa shape index (κ2) is 17.0. The van der Waals surface area contributed by atoms with Crippen molar-refractivity contribution < 1.29 is 45.2 Å². The van der Waals surface area contributed by atoms with Crippen LogP contribution in [0, 0.1) is 0 Å². The molecule has 1 saturated heterocycles. The van der Waals surface area contributed by atoms with Crippen molar-refractivity contribution in [3.8, 4) is 17.4 Å². The van der Waals surface area contributed by atoms with E-state index in [4.69, 9.17) is 14.0 Å². The first-order chi connectivity index (χ1) is 25.6. The van der Waals surface area contributed by atoms with Crippen molar-refractivity contribution in [1.82, 2.24) is 19.4 Å². The van der Waals surface area contributed by atoms with Gasteiger partial charge in [0.2, 0.25) is 5.88 Å². The molecule has 3 aromatic carbocycles. The Hall–Kier alpha value is -5.71. The number of methoxy groups -OCH3 is 1. The van der Waals surface area contributed by atoms with E-state index in [-0.39, 0.29) is 17.4 Å². The number of aromatic nitrogens is 2. The summed E-state index contributed by atoms with van der Waals surface area (Å²) < 4.78 is 77.5. The normalized spacial score (nSPS) is 13.7. The van der Waals surface area contributed by atoms with E-state index in [1.165, 1.54) is 6.20 Å². The highest BCUT2D eigenvalue weighted by Gasteiger charge is 2.30. The van der Waals surface area contributed by atoms with Crippen molar-refractivity contribution in [3.05, 3.63) is 120 Å². The van der Waals surface area contributed by atoms with Crippen LogP contribution in [0.4, 0.5) is 18.9 Å². The number of amides is 2. The summed E-state index contributed by atoms with van der Waals surface area (Å²) >= 11 is 0. The maximum Gasteiger partial charge on any atom is 0.416 e. The number of ether oxygens (including phenoxy) is 2. The van der Waals surface area contributed by atoms with E-state index >= 15 is 0 Å². The first kappa shape index (κ1) is 39.5. The average Bonchev–Trinajstić information content (AvgIpc) is 3.46. The highest BCUT2D eigenvalue weighted by molar-refractivity contribution is 7.85. The maximum absolute atomic E-state index is 13.5. The van der Waals surface area contributed by atoms with Crippen LogP contribution in [-0.4, -0.2) is 90.2 Å². The third-order valence-corrected chi connectivity index (χ3v) is 8.38. The number of fused-ring (bicyclic) bond motifs is 1. The summed E-state index contributed by atoms with van der Waals surface area (Å²) in [5.74, 6) is 1.03. The molecule has 1 fully saturated rings. The minimum Gasteiger partial charge on any atom is -0.496 e. The van der Waals surface area contributed by atoms with E-state index < -0.39 is 27.8 Å². The van der Waals surface area contributed by atoms with E-state index in [1.54, 1.807) is 25.3 Å². The zero-order valence-electron chi connectivity index (χ0n) is 29.6. The topological polar surface area (TPSA) is 143 Å². The van der Waals surface area contributed by atoms with E-state index in [2.05, 4.69) is 27.4 Å². The van der Waals surface area contributed by atoms with Gasteiger partial charge < -0.3 is 24.3 Å². The Morgan fingerprint density at radius 2 is 1.65 bits per heavy atom. The van der Waals surface area contributed by atoms with Crippen molar-refractivity contribution in [3.63, 3.8) is 0 Å². The van der Waals surface area contributed by atoms with E-state index in [0.717, 1.165) is 66.1 Å². The molecule has 2 aromatic heterocycles. The third kappa shape index (κ3) is 10.7. The van der Waals surface area contributed by atoms with Crippen LogP contribution < -0.4 is 14.8 Å². The molecular weight excluding hydrogens is 728 g/mol. The van der Waals surface area contributed by atoms with Crippen molar-refractivity contribution >= 4 is 44.6 Å². The van der Waals surface area contributed by atoms with Gasteiger partial charge in [-0.2, -0.15) is 21.6 Å². The van der Waals surface area contributed by atoms with E-state index in [9.17, 15) is 31.2 Å². The molecule has 3 heterocycles. The summed E-state index contributed by atoms with van der Waals surface area (Å²) in [7, 11) is -0.135. The summed E-state index contributed by atoms with van der Waals surface area (Å²) in [6.07, 6.45) is 1.81. The van der Waals surface area contributed by atoms with Crippen molar-refractivity contribution in [2.45, 2.75) is 6.18 Å². The van der Waals surface area contributed by atoms with Crippen molar-refractivity contribution in [2.24, 2.45) is 7.05 Å². The summed E-state index contributed by atoms with van der Waals surface area (Å²) in [6.45, 7) is 3.59. The van der Waals surface area contributed by atoms with Crippen LogP contribution >= 0.6 is 0 Å². The molecule has 12 nitrogen and oxygen atoms in total. The van der Waals surface area contributed by atoms with Gasteiger partial charge in [-0.25, -0.2) is 4.98 Å². The number of hydrogen-bond acceptors (Lipinski definition) is 8. The Labute approximate surface area is 310 Å². The number of carbonyl (C=O) groups is 2. The molecular formula is C38H38F3N5O7S. The highest BCUT2D eigenvalue weighted by atomic mass is 32.2. The molecule has 0 atom stereocenters. The fraction of sp³-hybridized carbons (Fsp3) is 0.237. The fourth-order valence-corrected chi connectivity index (χ4v) is 5.67. The van der Waals surface area contributed by atoms with Crippen molar-refractivity contribution in [2.75, 3.05) is 51.4 Å². The lowest BCUT2D eigenvalue weighted by Gasteiger charge is -2.34. The number of halogens is 3. The van der Waals surface area contributed by atoms with Crippen LogP contribution in [0.5, 0.6) is 17.4 Å². The number of pyridine rings is 1. The van der Waals surface area contributed by atoms with Gasteiger partial charge in [0.1, 0.15) is 17.2 Å². The molecule has 16 heteroatoms. The molecule has 2 amide bonds. The molecule has 0 saturated carbocycles. The highest BCUT2D eigenvalue weighted by Crippen LogP contribution is 2.30. The van der Waals surface area contributed by atoms with Crippen LogP contribution in [-0.2, 0) is 23.3 Å². The van der Waals surface area contributed by atoms with E-state index in [1.807, 2.05) is 59.0 Å². The molecule has 54 heavy (non-hydrogen) atoms. The van der Waals surface area contributed by atoms with Crippen LogP contribution in [0.15, 0.2) is 97.2 Å². The standard InChI is InChI=1S/C37H34F3N5O4.CH4O3S/c1-43-31-15-14-30(49-34-16-13-29(24-41-34)42-35(46)26-9-11-28(12-10-26)37(38,39)40)22-27(31)23-32(43)36(47)45-20-18-44(19-21-45)17-5-7-25-6-3-4-8-33(25)48-2;1-5(2,3)4/h3-16,22-24H,17-21H2,1-2H3,(H,42,46);1H3,(H,2,3,4). The molecule has 6 rings (SSSR count). The predicted octanol–water partition coefficient (Wildman–Crippen LogP) is 6.62. The zero-order valence-corrected chi connectivity index (χ0v) is 30.4. The van der Waals surface area contributed by atoms with Crippen LogP contribution in [0.2, 0.25) is 0 Å². The number of piperazine rings is 1. The Morgan fingerprint density at radius 1 is 0.963 bits per heavy atom. The molecule has 0 unspecified atom stereocenters. The predicted molar refractivity (Wildman–Crippen MR) is 198 cm³/mol. The Bertz CT molecular complexity index is 2220. The Kier molecular flexibility index (Phi) is 12.4. The summed E-state index contributed by atoms with van der Waals surface area (Å²) in [5, 5.41) is 3.45. The van der Waals surface area contributed by atoms with Gasteiger partial charge in [-0.15, -0.1) is 0 Å². The minimum absolute atomic E-state index is 0.0269. The molecule has 1 aliphatic rings. The number of nitrogens with zero attached hydrogens (tertiary/aromatic N) is 4. The van der Waals surface area contributed by atoms with Gasteiger partial charge in [0.25, 0.3) is 21.9 Å². The van der Waals surface area contributed by atoms with Crippen molar-refractivity contribution in [1.29, 1.82) is 0 Å². The maximum atomic E-state index is 13.5. The number of alkyl halides is 3. The van der Waals surface area contributed by atoms with Gasteiger partial charge in [0.15, 0.2) is 0 Å². The quantitative estimate of drug-likeness (QED) is 0.158. The van der Waals surface area contributed by atoms with Gasteiger partial charge in [-0.1, -0.05) is 30.4 Å². The summed E-state index contributed by atoms with van der Waals surface area (Å²) in [6, 6.07) is 22.3. The lowest BCUT2D eigenvalue weighted by atomic mass is 10.1. The van der Waals surface area contributed by atoms with Gasteiger partial charge in [0, 0.05) is 67.9 Å². The number of anilines is 1. The Morgan fingerprint density at radius 3 is 2.28 bits per heavy atom. The minimum atomic E-state index is -4.48. The number of carbonyl (C=O) groups excluding carboxylic acids is 2. The van der Waals surface area contributed by atoms with Gasteiger partial charge in [-0.3, -0.25) is 19.0 Å². The number of aryl methyl sites for hydroxylation is 1. The smallest absolute Gasteiger partial charge is 0.416 e. The Balaban J connectivity index is 0.00000105. The molecule has 0 aliphatic carbocycles. The molecule has 2 N–H and O–H groups in total. The van der Waals surface area contributed by atoms with Gasteiger partial charge in [0.05, 0.1) is 30.8 Å². The molecule has 1 aliphatic heterocycles. The van der Waals surface area contributed by atoms with Crippen LogP contribution in [0.3, 0.4) is 0 Å². The number of para-hydroxylation sites is 1. The molecule has 0 bridgehead atoms. The van der Waals surface area contributed by atoms with Crippen LogP contribution in [0.1, 0.15) is 32.0 Å². The molecule has 5 aromatic rings. The number of rotatable bonds is 9. The number of hydrogen-bond donors (Lipinski definition) is 2. The second-order valence-corrected chi connectivity index (χ2v) is 13.8. The first-order valence-electron chi connectivity index (χ1n) is 16.5. The molecule has 0 radical (unpaired) electrons. The second-order valence-electron chi connectivity index (χ2n) is 12.3. The SMILES string of the molecule is COc1ccccc1C=CCN1CCN(C(=O)c2cc3cc(Oc4ccc(NC(=O)c5ccc(C(F)(F)F)cc5)cn4)ccc3n2C)CC1.CS(=O)(=O)O. The van der Waals surface area contributed by atoms with Gasteiger partial charge >= 0.3 is 6.18 Å². The third-order valence-electron chi connectivity index (χ3n) is 8.38. The summed E-state index contributed by atoms with van der Waals surface area (Å²) in [5.41, 5.74) is 2.10. The number of benzene rings is 3. The lowest BCUT2D eigenvalue weighted by Crippen LogP contribution is -2.48. The van der Waals surface area contributed by atoms with Crippen LogP contribution in [0.25, 0.3) is 17.0 Å². The van der Waals surface area contributed by atoms with Gasteiger partial charge in [-0.05, 0) is 60.7 Å². The largest absolute Gasteiger partial charge is 0.496 e. The fourth-order valence-electron chi connectivity index (χ4n) is 5.67. The number of nitrogens with one attached hydrogen (secondary N) is 1. The molecule has 0 spiro atoms. The lowest BCUT2D eigenvalue weighted by molar-refractivity contribution is -0.137. The first-order valence-corrected chi connectivity index (χ1v) is 18.4. The summed E-state index contributed by atoms with van der Waals surface area (Å²) in [4.78, 5) is 34.5. The average molecular weight is 766 g/mol.